The van der Waals surface area contributed by atoms with E-state index in [0.29, 0.717) is 11.8 Å². The van der Waals surface area contributed by atoms with E-state index >= 15 is 0 Å². The Balaban J connectivity index is 2.27. The summed E-state index contributed by atoms with van der Waals surface area (Å²) in [5.41, 5.74) is 3.51. The lowest BCUT2D eigenvalue weighted by molar-refractivity contribution is -0.137. The van der Waals surface area contributed by atoms with Gasteiger partial charge in [-0.1, -0.05) is 38.8 Å². The van der Waals surface area contributed by atoms with Crippen LogP contribution in [0.2, 0.25) is 0 Å². The van der Waals surface area contributed by atoms with Crippen molar-refractivity contribution in [2.75, 3.05) is 0 Å². The molecule has 2 rings (SSSR count). The van der Waals surface area contributed by atoms with Gasteiger partial charge in [0.05, 0.1) is 16.8 Å². The zero-order valence-electron chi connectivity index (χ0n) is 18.6. The first kappa shape index (κ1) is 23.0. The van der Waals surface area contributed by atoms with Gasteiger partial charge in [-0.2, -0.15) is 0 Å². The molecule has 0 bridgehead atoms. The zero-order valence-corrected chi connectivity index (χ0v) is 19.4. The van der Waals surface area contributed by atoms with E-state index in [-0.39, 0.29) is 17.8 Å². The molecule has 1 aromatic heterocycles. The molecule has 1 aliphatic rings. The van der Waals surface area contributed by atoms with E-state index in [1.165, 1.54) is 18.4 Å². The predicted molar refractivity (Wildman–Crippen MR) is 120 cm³/mol. The fraction of sp³-hybridized carbons (Fsp3) is 0.667. The smallest absolute Gasteiger partial charge is 0.164 e. The molecule has 156 valence electrons. The molecule has 0 N–H and O–H groups in total. The first-order valence-electron chi connectivity index (χ1n) is 10.6. The normalized spacial score (nSPS) is 33.4. The lowest BCUT2D eigenvalue weighted by Gasteiger charge is -2.28. The van der Waals surface area contributed by atoms with Crippen LogP contribution in [0, 0.1) is 24.7 Å². The molecule has 1 aliphatic heterocycles. The van der Waals surface area contributed by atoms with Crippen molar-refractivity contribution >= 4 is 23.2 Å². The molecule has 4 heteroatoms. The lowest BCUT2D eigenvalue weighted by atomic mass is 9.79. The Morgan fingerprint density at radius 3 is 2.61 bits per heavy atom. The highest BCUT2D eigenvalue weighted by molar-refractivity contribution is 7.09. The summed E-state index contributed by atoms with van der Waals surface area (Å²) < 4.78 is 6.33. The number of aromatic nitrogens is 1. The van der Waals surface area contributed by atoms with Gasteiger partial charge in [-0.3, -0.25) is 4.79 Å². The van der Waals surface area contributed by atoms with E-state index in [0.717, 1.165) is 29.1 Å². The van der Waals surface area contributed by atoms with Gasteiger partial charge in [-0.15, -0.1) is 11.3 Å². The number of aryl methyl sites for hydroxylation is 1. The van der Waals surface area contributed by atoms with Crippen LogP contribution in [0.15, 0.2) is 22.6 Å². The average molecular weight is 404 g/mol. The first-order valence-corrected chi connectivity index (χ1v) is 11.5. The van der Waals surface area contributed by atoms with Crippen LogP contribution in [0.1, 0.15) is 77.9 Å². The summed E-state index contributed by atoms with van der Waals surface area (Å²) in [5, 5.41) is 3.13. The van der Waals surface area contributed by atoms with Gasteiger partial charge >= 0.3 is 0 Å². The minimum Gasteiger partial charge on any atom is -0.363 e. The van der Waals surface area contributed by atoms with Gasteiger partial charge < -0.3 is 4.74 Å². The van der Waals surface area contributed by atoms with Crippen LogP contribution in [0.5, 0.6) is 0 Å². The van der Waals surface area contributed by atoms with Crippen molar-refractivity contribution in [1.82, 2.24) is 4.98 Å². The van der Waals surface area contributed by atoms with Crippen molar-refractivity contribution in [3.63, 3.8) is 0 Å². The summed E-state index contributed by atoms with van der Waals surface area (Å²) in [6.07, 6.45) is 8.17. The Kier molecular flexibility index (Phi) is 8.63. The number of allylic oxidation sites excluding steroid dienone is 1. The summed E-state index contributed by atoms with van der Waals surface area (Å²) >= 11 is 1.65. The van der Waals surface area contributed by atoms with Crippen molar-refractivity contribution in [3.8, 4) is 0 Å². The van der Waals surface area contributed by atoms with Gasteiger partial charge in [0.15, 0.2) is 5.78 Å². The third-order valence-corrected chi connectivity index (χ3v) is 7.13. The molecule has 5 unspecified atom stereocenters. The summed E-state index contributed by atoms with van der Waals surface area (Å²) in [6.45, 7) is 14.8. The van der Waals surface area contributed by atoms with Crippen LogP contribution in [0.25, 0.3) is 6.08 Å². The number of carbonyl (C=O) groups is 1. The number of hydrogen-bond acceptors (Lipinski definition) is 4. The predicted octanol–water partition coefficient (Wildman–Crippen LogP) is 6.63. The Hall–Kier alpha value is -1.26. The van der Waals surface area contributed by atoms with Gasteiger partial charge in [-0.05, 0) is 70.4 Å². The van der Waals surface area contributed by atoms with E-state index in [2.05, 4.69) is 57.1 Å². The number of ketones is 1. The van der Waals surface area contributed by atoms with E-state index in [1.54, 1.807) is 11.3 Å². The second kappa shape index (κ2) is 10.5. The summed E-state index contributed by atoms with van der Waals surface area (Å²) in [7, 11) is 0. The average Bonchev–Trinajstić information content (AvgIpc) is 3.06. The third kappa shape index (κ3) is 6.38. The molecular formula is C24H37NO2S. The van der Waals surface area contributed by atoms with Crippen LogP contribution in [-0.2, 0) is 9.53 Å². The maximum absolute atomic E-state index is 13.0. The number of hydrogen-bond donors (Lipinski definition) is 0. The molecule has 0 aromatic carbocycles. The standard InChI is InChI=1S/C24H37NO2S/c1-15-9-8-10-16(2)18(4)19(5)24(26)20(6)27-23(12-11-15)17(3)13-22-14-28-21(7)25-22/h11,13-14,16,18-20,23H,8-10,12H2,1-7H3/b15-11-,17-13+. The monoisotopic (exact) mass is 403 g/mol. The van der Waals surface area contributed by atoms with E-state index in [4.69, 9.17) is 4.74 Å². The maximum atomic E-state index is 13.0. The van der Waals surface area contributed by atoms with Crippen LogP contribution >= 0.6 is 11.3 Å². The molecule has 5 atom stereocenters. The summed E-state index contributed by atoms with van der Waals surface area (Å²) in [5.74, 6) is 1.16. The largest absolute Gasteiger partial charge is 0.363 e. The SMILES string of the molecule is C/C1=C/CC(/C(C)=C/c2csc(C)n2)OC(C)C(=O)C(C)C(C)C(C)CCC1. The van der Waals surface area contributed by atoms with Crippen LogP contribution in [0.3, 0.4) is 0 Å². The van der Waals surface area contributed by atoms with Crippen molar-refractivity contribution in [1.29, 1.82) is 0 Å². The van der Waals surface area contributed by atoms with E-state index in [1.807, 2.05) is 13.8 Å². The minimum absolute atomic E-state index is 0.0194. The quantitative estimate of drug-likeness (QED) is 0.520. The number of carbonyl (C=O) groups excluding carboxylic acids is 1. The number of Topliss-reactive ketones (excluding diaryl/α,β-unsaturated/α-hetero) is 1. The molecule has 3 nitrogen and oxygen atoms in total. The summed E-state index contributed by atoms with van der Waals surface area (Å²) in [4.78, 5) is 17.6. The Bertz CT molecular complexity index is 718. The minimum atomic E-state index is -0.398. The molecular weight excluding hydrogens is 366 g/mol. The fourth-order valence-corrected chi connectivity index (χ4v) is 4.50. The molecule has 28 heavy (non-hydrogen) atoms. The second-order valence-corrected chi connectivity index (χ2v) is 9.71. The Morgan fingerprint density at radius 2 is 1.96 bits per heavy atom. The van der Waals surface area contributed by atoms with Crippen molar-refractivity contribution in [2.45, 2.75) is 86.4 Å². The van der Waals surface area contributed by atoms with Crippen LogP contribution in [-0.4, -0.2) is 23.0 Å². The lowest BCUT2D eigenvalue weighted by Crippen LogP contribution is -2.35. The highest BCUT2D eigenvalue weighted by Gasteiger charge is 2.30. The van der Waals surface area contributed by atoms with E-state index in [9.17, 15) is 4.79 Å². The molecule has 0 radical (unpaired) electrons. The van der Waals surface area contributed by atoms with Crippen molar-refractivity contribution in [2.24, 2.45) is 17.8 Å². The molecule has 0 amide bonds. The third-order valence-electron chi connectivity index (χ3n) is 6.34. The van der Waals surface area contributed by atoms with Gasteiger partial charge in [0, 0.05) is 11.3 Å². The Morgan fingerprint density at radius 1 is 1.25 bits per heavy atom. The van der Waals surface area contributed by atoms with Crippen molar-refractivity contribution < 1.29 is 9.53 Å². The molecule has 2 heterocycles. The number of rotatable bonds is 2. The van der Waals surface area contributed by atoms with Crippen LogP contribution in [0.4, 0.5) is 0 Å². The number of nitrogens with zero attached hydrogens (tertiary/aromatic N) is 1. The molecule has 0 fully saturated rings. The highest BCUT2D eigenvalue weighted by Crippen LogP contribution is 2.29. The number of thiazole rings is 1. The molecule has 0 saturated carbocycles. The van der Waals surface area contributed by atoms with Gasteiger partial charge in [0.25, 0.3) is 0 Å². The van der Waals surface area contributed by atoms with Crippen LogP contribution < -0.4 is 0 Å². The van der Waals surface area contributed by atoms with Crippen molar-refractivity contribution in [3.05, 3.63) is 33.3 Å². The molecule has 1 aromatic rings. The topological polar surface area (TPSA) is 39.2 Å². The first-order chi connectivity index (χ1) is 13.2. The van der Waals surface area contributed by atoms with Gasteiger partial charge in [0.2, 0.25) is 0 Å². The number of ether oxygens (including phenoxy) is 1. The fourth-order valence-electron chi connectivity index (χ4n) is 3.93. The molecule has 0 saturated heterocycles. The zero-order chi connectivity index (χ0) is 20.8. The van der Waals surface area contributed by atoms with E-state index < -0.39 is 6.10 Å². The molecule has 0 spiro atoms. The second-order valence-electron chi connectivity index (χ2n) is 8.65. The molecule has 0 aliphatic carbocycles. The Labute approximate surface area is 175 Å². The van der Waals surface area contributed by atoms with Gasteiger partial charge in [0.1, 0.15) is 6.10 Å². The van der Waals surface area contributed by atoms with Gasteiger partial charge in [-0.25, -0.2) is 4.98 Å². The maximum Gasteiger partial charge on any atom is 0.164 e. The highest BCUT2D eigenvalue weighted by atomic mass is 32.1. The summed E-state index contributed by atoms with van der Waals surface area (Å²) in [6, 6.07) is 0.